The molecule has 146 valence electrons. The first-order valence-electron chi connectivity index (χ1n) is 12.5. The number of fused-ring (bicyclic) bond motifs is 1. The van der Waals surface area contributed by atoms with Gasteiger partial charge in [0.2, 0.25) is 0 Å². The quantitative estimate of drug-likeness (QED) is 0.723. The summed E-state index contributed by atoms with van der Waals surface area (Å²) in [6.07, 6.45) is 4.27. The number of allylic oxidation sites excluding steroid dienone is 2. The molecule has 0 bridgehead atoms. The van der Waals surface area contributed by atoms with Gasteiger partial charge < -0.3 is 9.47 Å². The zero-order valence-electron chi connectivity index (χ0n) is 21.6. The number of carbonyl (C=O) groups is 1. The van der Waals surface area contributed by atoms with Crippen LogP contribution in [0.5, 0.6) is 11.5 Å². The third-order valence-corrected chi connectivity index (χ3v) is 5.62. The normalized spacial score (nSPS) is 23.1. The van der Waals surface area contributed by atoms with Crippen molar-refractivity contribution < 1.29 is 22.5 Å². The monoisotopic (exact) mass is 383 g/mol. The van der Waals surface area contributed by atoms with Crippen molar-refractivity contribution in [3.05, 3.63) is 70.8 Å². The van der Waals surface area contributed by atoms with Crippen molar-refractivity contribution in [2.75, 3.05) is 27.2 Å². The second kappa shape index (κ2) is 8.19. The summed E-state index contributed by atoms with van der Waals surface area (Å²) in [5, 5.41) is 0. The van der Waals surface area contributed by atoms with Gasteiger partial charge in [0, 0.05) is 24.1 Å². The van der Waals surface area contributed by atoms with Crippen LogP contribution in [0.3, 0.4) is 0 Å². The number of piperidine rings is 1. The Morgan fingerprint density at radius 1 is 1.11 bits per heavy atom. The summed E-state index contributed by atoms with van der Waals surface area (Å²) in [6.45, 7) is 2.79. The largest absolute Gasteiger partial charge is 0.493 e. The molecule has 2 aromatic rings. The van der Waals surface area contributed by atoms with Crippen molar-refractivity contribution in [1.82, 2.24) is 4.90 Å². The molecule has 28 heavy (non-hydrogen) atoms. The van der Waals surface area contributed by atoms with E-state index in [1.165, 1.54) is 17.7 Å². The van der Waals surface area contributed by atoms with E-state index >= 15 is 0 Å². The Morgan fingerprint density at radius 3 is 2.54 bits per heavy atom. The highest BCUT2D eigenvalue weighted by molar-refractivity contribution is 6.13. The summed E-state index contributed by atoms with van der Waals surface area (Å²) in [5.74, 6) is -0.397. The van der Waals surface area contributed by atoms with Crippen molar-refractivity contribution in [1.29, 1.82) is 0 Å². The van der Waals surface area contributed by atoms with E-state index in [4.69, 9.17) is 17.7 Å². The minimum absolute atomic E-state index is 0.183. The van der Waals surface area contributed by atoms with Crippen LogP contribution in [0.1, 0.15) is 42.6 Å². The fourth-order valence-corrected chi connectivity index (χ4v) is 4.12. The lowest BCUT2D eigenvalue weighted by molar-refractivity contribution is 0.103. The van der Waals surface area contributed by atoms with Gasteiger partial charge in [-0.25, -0.2) is 0 Å². The average Bonchev–Trinajstić information content (AvgIpc) is 3.03. The molecule has 4 heteroatoms. The van der Waals surface area contributed by atoms with Gasteiger partial charge in [-0.2, -0.15) is 0 Å². The van der Waals surface area contributed by atoms with Gasteiger partial charge in [-0.1, -0.05) is 36.4 Å². The number of Topliss-reactive ketones (excluding diaryl/α,β-unsaturated/α-hetero) is 1. The summed E-state index contributed by atoms with van der Waals surface area (Å²) < 4.78 is 54.1. The number of hydrogen-bond donors (Lipinski definition) is 0. The van der Waals surface area contributed by atoms with Crippen LogP contribution in [-0.2, 0) is 13.0 Å². The van der Waals surface area contributed by atoms with E-state index in [0.717, 1.165) is 32.5 Å². The maximum Gasteiger partial charge on any atom is 0.189 e. The predicted octanol–water partition coefficient (Wildman–Crippen LogP) is 4.28. The SMILES string of the molecule is [2H]C([2H])([2H])Oc1cc2c(cc1OC([2H])([2H])[2H])C(=O)/C(=C\C1CCN(Cc3ccccc3)CC1)C2. The first-order chi connectivity index (χ1) is 16.0. The van der Waals surface area contributed by atoms with Crippen LogP contribution in [0.4, 0.5) is 0 Å². The van der Waals surface area contributed by atoms with Crippen LogP contribution in [-0.4, -0.2) is 37.8 Å². The molecule has 0 N–H and O–H groups in total. The number of nitrogens with zero attached hydrogens (tertiary/aromatic N) is 1. The Kier molecular flexibility index (Phi) is 3.74. The van der Waals surface area contributed by atoms with E-state index in [2.05, 4.69) is 17.0 Å². The van der Waals surface area contributed by atoms with E-state index in [0.29, 0.717) is 23.1 Å². The molecule has 1 fully saturated rings. The first kappa shape index (κ1) is 12.8. The Balaban J connectivity index is 1.47. The highest BCUT2D eigenvalue weighted by Gasteiger charge is 2.28. The minimum atomic E-state index is -2.81. The molecule has 0 unspecified atom stereocenters. The Hall–Kier alpha value is -2.59. The molecule has 1 heterocycles. The highest BCUT2D eigenvalue weighted by Crippen LogP contribution is 2.37. The molecular weight excluding hydrogens is 350 g/mol. The van der Waals surface area contributed by atoms with Gasteiger partial charge in [0.05, 0.1) is 22.3 Å². The molecule has 2 aliphatic rings. The third-order valence-electron chi connectivity index (χ3n) is 5.62. The van der Waals surface area contributed by atoms with E-state index in [-0.39, 0.29) is 23.2 Å². The first-order valence-corrected chi connectivity index (χ1v) is 9.53. The van der Waals surface area contributed by atoms with Gasteiger partial charge in [-0.05, 0) is 55.1 Å². The zero-order chi connectivity index (χ0) is 24.5. The molecule has 0 amide bonds. The van der Waals surface area contributed by atoms with E-state index in [1.54, 1.807) is 0 Å². The minimum Gasteiger partial charge on any atom is -0.493 e. The Morgan fingerprint density at radius 2 is 1.82 bits per heavy atom. The van der Waals surface area contributed by atoms with Crippen LogP contribution in [0.15, 0.2) is 54.1 Å². The van der Waals surface area contributed by atoms with E-state index in [1.807, 2.05) is 24.3 Å². The summed E-state index contributed by atoms with van der Waals surface area (Å²) in [5.41, 5.74) is 2.85. The lowest BCUT2D eigenvalue weighted by Crippen LogP contribution is -2.32. The summed E-state index contributed by atoms with van der Waals surface area (Å²) >= 11 is 0. The predicted molar refractivity (Wildman–Crippen MR) is 110 cm³/mol. The van der Waals surface area contributed by atoms with Gasteiger partial charge in [-0.3, -0.25) is 9.69 Å². The Bertz CT molecular complexity index is 1070. The highest BCUT2D eigenvalue weighted by atomic mass is 16.5. The number of ketones is 1. The Labute approximate surface area is 175 Å². The summed E-state index contributed by atoms with van der Waals surface area (Å²) in [4.78, 5) is 15.5. The van der Waals surface area contributed by atoms with Crippen LogP contribution < -0.4 is 9.47 Å². The van der Waals surface area contributed by atoms with Crippen molar-refractivity contribution in [2.45, 2.75) is 25.8 Å². The number of benzene rings is 2. The lowest BCUT2D eigenvalue weighted by atomic mass is 9.93. The van der Waals surface area contributed by atoms with Crippen LogP contribution >= 0.6 is 0 Å². The molecule has 2 aromatic carbocycles. The number of carbonyl (C=O) groups excluding carboxylic acids is 1. The van der Waals surface area contributed by atoms with Crippen molar-refractivity contribution in [2.24, 2.45) is 5.92 Å². The lowest BCUT2D eigenvalue weighted by Gasteiger charge is -2.30. The standard InChI is InChI=1S/C24H27NO3/c1-27-22-14-19-13-20(24(26)21(19)15-23(22)28-2)12-17-8-10-25(11-9-17)16-18-6-4-3-5-7-18/h3-7,12,14-15,17H,8-11,13,16H2,1-2H3/b20-12-/i1D3,2D3. The number of rotatable bonds is 5. The number of likely N-dealkylation sites (tertiary alicyclic amines) is 1. The van der Waals surface area contributed by atoms with Gasteiger partial charge in [-0.15, -0.1) is 0 Å². The molecule has 0 spiro atoms. The molecule has 0 atom stereocenters. The molecule has 0 radical (unpaired) electrons. The fraction of sp³-hybridized carbons (Fsp3) is 0.375. The molecule has 1 aliphatic carbocycles. The topological polar surface area (TPSA) is 38.8 Å². The zero-order valence-corrected chi connectivity index (χ0v) is 15.6. The van der Waals surface area contributed by atoms with Crippen LogP contribution in [0.25, 0.3) is 0 Å². The molecular formula is C24H27NO3. The maximum absolute atomic E-state index is 13.1. The number of methoxy groups -OCH3 is 2. The van der Waals surface area contributed by atoms with Gasteiger partial charge in [0.1, 0.15) is 0 Å². The van der Waals surface area contributed by atoms with Crippen LogP contribution in [0, 0.1) is 5.92 Å². The molecule has 4 rings (SSSR count). The second-order valence-electron chi connectivity index (χ2n) is 7.46. The van der Waals surface area contributed by atoms with Gasteiger partial charge in [0.25, 0.3) is 0 Å². The molecule has 1 saturated heterocycles. The van der Waals surface area contributed by atoms with Gasteiger partial charge in [0.15, 0.2) is 17.3 Å². The fourth-order valence-electron chi connectivity index (χ4n) is 4.12. The smallest absolute Gasteiger partial charge is 0.189 e. The molecule has 0 saturated carbocycles. The number of hydrogen-bond acceptors (Lipinski definition) is 4. The van der Waals surface area contributed by atoms with Crippen molar-refractivity contribution >= 4 is 5.78 Å². The van der Waals surface area contributed by atoms with Gasteiger partial charge >= 0.3 is 0 Å². The molecule has 4 nitrogen and oxygen atoms in total. The van der Waals surface area contributed by atoms with Crippen molar-refractivity contribution in [3.8, 4) is 11.5 Å². The maximum atomic E-state index is 13.1. The molecule has 1 aliphatic heterocycles. The number of ether oxygens (including phenoxy) is 2. The van der Waals surface area contributed by atoms with E-state index < -0.39 is 14.1 Å². The van der Waals surface area contributed by atoms with Crippen molar-refractivity contribution in [3.63, 3.8) is 0 Å². The third kappa shape index (κ3) is 3.83. The van der Waals surface area contributed by atoms with E-state index in [9.17, 15) is 4.79 Å². The second-order valence-corrected chi connectivity index (χ2v) is 7.46. The summed E-state index contributed by atoms with van der Waals surface area (Å²) in [7, 11) is -5.59. The average molecular weight is 384 g/mol. The van der Waals surface area contributed by atoms with Crippen LogP contribution in [0.2, 0.25) is 0 Å². The summed E-state index contributed by atoms with van der Waals surface area (Å²) in [6, 6.07) is 13.0. The molecule has 0 aromatic heterocycles.